The summed E-state index contributed by atoms with van der Waals surface area (Å²) in [4.78, 5) is 12.1. The summed E-state index contributed by atoms with van der Waals surface area (Å²) in [5.74, 6) is -2.50. The van der Waals surface area contributed by atoms with Gasteiger partial charge in [0.15, 0.2) is 11.6 Å². The maximum atomic E-state index is 13.1. The fourth-order valence-electron chi connectivity index (χ4n) is 2.42. The molecule has 146 valence electrons. The van der Waals surface area contributed by atoms with Crippen LogP contribution in [0.15, 0.2) is 47.4 Å². The maximum Gasteiger partial charge on any atom is 0.243 e. The molecule has 0 fully saturated rings. The summed E-state index contributed by atoms with van der Waals surface area (Å²) < 4.78 is 52.2. The molecule has 2 aromatic carbocycles. The van der Waals surface area contributed by atoms with Crippen LogP contribution in [-0.2, 0) is 14.8 Å². The number of sulfonamides is 1. The van der Waals surface area contributed by atoms with Crippen molar-refractivity contribution in [1.29, 1.82) is 0 Å². The molecule has 0 saturated heterocycles. The molecule has 0 spiro atoms. The molecular weight excluding hydrogens is 376 g/mol. The van der Waals surface area contributed by atoms with E-state index in [1.54, 1.807) is 26.0 Å². The van der Waals surface area contributed by atoms with E-state index in [0.29, 0.717) is 18.8 Å². The van der Waals surface area contributed by atoms with Gasteiger partial charge in [0.2, 0.25) is 15.9 Å². The molecular formula is C18H21F2N3O3S. The molecule has 0 aromatic heterocycles. The van der Waals surface area contributed by atoms with Crippen LogP contribution in [0, 0.1) is 11.6 Å². The lowest BCUT2D eigenvalue weighted by atomic mass is 10.3. The van der Waals surface area contributed by atoms with E-state index in [1.165, 1.54) is 22.5 Å². The molecule has 0 aliphatic carbocycles. The van der Waals surface area contributed by atoms with Crippen LogP contribution in [0.25, 0.3) is 0 Å². The Balaban J connectivity index is 1.96. The number of hydrogen-bond donors (Lipinski definition) is 2. The number of hydrogen-bond acceptors (Lipinski definition) is 4. The average Bonchev–Trinajstić information content (AvgIpc) is 2.64. The zero-order chi connectivity index (χ0) is 20.0. The van der Waals surface area contributed by atoms with Crippen LogP contribution in [0.3, 0.4) is 0 Å². The molecule has 2 aromatic rings. The fraction of sp³-hybridized carbons (Fsp3) is 0.278. The third kappa shape index (κ3) is 5.24. The number of anilines is 2. The topological polar surface area (TPSA) is 78.5 Å². The maximum absolute atomic E-state index is 13.1. The Morgan fingerprint density at radius 1 is 0.963 bits per heavy atom. The van der Waals surface area contributed by atoms with Gasteiger partial charge < -0.3 is 10.6 Å². The molecule has 27 heavy (non-hydrogen) atoms. The predicted molar refractivity (Wildman–Crippen MR) is 100 cm³/mol. The van der Waals surface area contributed by atoms with Crippen molar-refractivity contribution < 1.29 is 22.0 Å². The lowest BCUT2D eigenvalue weighted by molar-refractivity contribution is -0.114. The first-order chi connectivity index (χ1) is 12.8. The Kier molecular flexibility index (Phi) is 6.86. The van der Waals surface area contributed by atoms with Gasteiger partial charge >= 0.3 is 0 Å². The minimum absolute atomic E-state index is 0.124. The lowest BCUT2D eigenvalue weighted by Gasteiger charge is -2.18. The number of nitrogens with zero attached hydrogens (tertiary/aromatic N) is 1. The molecule has 0 heterocycles. The Labute approximate surface area is 157 Å². The summed E-state index contributed by atoms with van der Waals surface area (Å²) in [6, 6.07) is 9.10. The molecule has 0 radical (unpaired) electrons. The van der Waals surface area contributed by atoms with Crippen LogP contribution in [-0.4, -0.2) is 38.3 Å². The standard InChI is InChI=1S/C18H21F2N3O3S/c1-3-23(4-2)27(25,26)15-8-5-13(6-9-15)21-12-18(24)22-14-7-10-16(19)17(20)11-14/h5-11,21H,3-4,12H2,1-2H3,(H,22,24). The molecule has 1 amide bonds. The zero-order valence-electron chi connectivity index (χ0n) is 15.0. The van der Waals surface area contributed by atoms with E-state index in [4.69, 9.17) is 0 Å². The van der Waals surface area contributed by atoms with Gasteiger partial charge in [-0.15, -0.1) is 0 Å². The van der Waals surface area contributed by atoms with Gasteiger partial charge in [0.1, 0.15) is 0 Å². The largest absolute Gasteiger partial charge is 0.376 e. The summed E-state index contributed by atoms with van der Waals surface area (Å²) in [7, 11) is -3.54. The van der Waals surface area contributed by atoms with Crippen molar-refractivity contribution in [1.82, 2.24) is 4.31 Å². The van der Waals surface area contributed by atoms with Gasteiger partial charge in [0.05, 0.1) is 11.4 Å². The summed E-state index contributed by atoms with van der Waals surface area (Å²) in [5.41, 5.74) is 0.690. The van der Waals surface area contributed by atoms with Gasteiger partial charge in [-0.25, -0.2) is 17.2 Å². The first-order valence-electron chi connectivity index (χ1n) is 8.37. The highest BCUT2D eigenvalue weighted by Crippen LogP contribution is 2.18. The number of nitrogens with one attached hydrogen (secondary N) is 2. The van der Waals surface area contributed by atoms with Crippen molar-refractivity contribution in [2.75, 3.05) is 30.3 Å². The van der Waals surface area contributed by atoms with Gasteiger partial charge in [-0.2, -0.15) is 4.31 Å². The van der Waals surface area contributed by atoms with Crippen LogP contribution < -0.4 is 10.6 Å². The Morgan fingerprint density at radius 2 is 1.56 bits per heavy atom. The molecule has 6 nitrogen and oxygen atoms in total. The molecule has 2 N–H and O–H groups in total. The van der Waals surface area contributed by atoms with Gasteiger partial charge in [0.25, 0.3) is 0 Å². The summed E-state index contributed by atoms with van der Waals surface area (Å²) in [6.07, 6.45) is 0. The summed E-state index contributed by atoms with van der Waals surface area (Å²) in [6.45, 7) is 4.16. The third-order valence-corrected chi connectivity index (χ3v) is 5.92. The number of halogens is 2. The highest BCUT2D eigenvalue weighted by Gasteiger charge is 2.21. The Morgan fingerprint density at radius 3 is 2.11 bits per heavy atom. The Hall–Kier alpha value is -2.52. The summed E-state index contributed by atoms with van der Waals surface area (Å²) >= 11 is 0. The zero-order valence-corrected chi connectivity index (χ0v) is 15.8. The van der Waals surface area contributed by atoms with Gasteiger partial charge in [-0.3, -0.25) is 4.79 Å². The normalized spacial score (nSPS) is 11.4. The van der Waals surface area contributed by atoms with E-state index >= 15 is 0 Å². The van der Waals surface area contributed by atoms with Crippen LogP contribution >= 0.6 is 0 Å². The van der Waals surface area contributed by atoms with Gasteiger partial charge in [0, 0.05) is 30.5 Å². The average molecular weight is 397 g/mol. The molecule has 0 aliphatic heterocycles. The van der Waals surface area contributed by atoms with Crippen LogP contribution in [0.5, 0.6) is 0 Å². The summed E-state index contributed by atoms with van der Waals surface area (Å²) in [5, 5.41) is 5.27. The first-order valence-corrected chi connectivity index (χ1v) is 9.81. The van der Waals surface area contributed by atoms with E-state index in [9.17, 15) is 22.0 Å². The van der Waals surface area contributed by atoms with E-state index in [2.05, 4.69) is 10.6 Å². The predicted octanol–water partition coefficient (Wildman–Crippen LogP) is 3.05. The number of amides is 1. The van der Waals surface area contributed by atoms with Crippen molar-refractivity contribution in [3.05, 3.63) is 54.1 Å². The lowest BCUT2D eigenvalue weighted by Crippen LogP contribution is -2.30. The molecule has 0 unspecified atom stereocenters. The molecule has 0 bridgehead atoms. The van der Waals surface area contributed by atoms with Crippen molar-refractivity contribution in [2.45, 2.75) is 18.7 Å². The van der Waals surface area contributed by atoms with Gasteiger partial charge in [-0.05, 0) is 36.4 Å². The van der Waals surface area contributed by atoms with Gasteiger partial charge in [-0.1, -0.05) is 13.8 Å². The monoisotopic (exact) mass is 397 g/mol. The van der Waals surface area contributed by atoms with Crippen LogP contribution in [0.4, 0.5) is 20.2 Å². The number of carbonyl (C=O) groups is 1. The minimum atomic E-state index is -3.54. The second-order valence-electron chi connectivity index (χ2n) is 5.64. The van der Waals surface area contributed by atoms with E-state index in [-0.39, 0.29) is 17.1 Å². The van der Waals surface area contributed by atoms with Crippen LogP contribution in [0.2, 0.25) is 0 Å². The van der Waals surface area contributed by atoms with Crippen molar-refractivity contribution >= 4 is 27.3 Å². The molecule has 9 heteroatoms. The quantitative estimate of drug-likeness (QED) is 0.718. The molecule has 0 saturated carbocycles. The third-order valence-electron chi connectivity index (χ3n) is 3.85. The molecule has 0 atom stereocenters. The molecule has 2 rings (SSSR count). The van der Waals surface area contributed by atoms with Crippen molar-refractivity contribution in [3.8, 4) is 0 Å². The highest BCUT2D eigenvalue weighted by molar-refractivity contribution is 7.89. The fourth-order valence-corrected chi connectivity index (χ4v) is 3.88. The highest BCUT2D eigenvalue weighted by atomic mass is 32.2. The smallest absolute Gasteiger partial charge is 0.243 e. The van der Waals surface area contributed by atoms with Crippen LogP contribution in [0.1, 0.15) is 13.8 Å². The first kappa shape index (κ1) is 20.8. The number of benzene rings is 2. The number of rotatable bonds is 8. The number of carbonyl (C=O) groups excluding carboxylic acids is 1. The van der Waals surface area contributed by atoms with E-state index < -0.39 is 27.6 Å². The van der Waals surface area contributed by atoms with E-state index in [0.717, 1.165) is 12.1 Å². The van der Waals surface area contributed by atoms with E-state index in [1.807, 2.05) is 0 Å². The Bertz CT molecular complexity index is 899. The molecule has 0 aliphatic rings. The second kappa shape index (κ2) is 8.92. The second-order valence-corrected chi connectivity index (χ2v) is 7.58. The SMILES string of the molecule is CCN(CC)S(=O)(=O)c1ccc(NCC(=O)Nc2ccc(F)c(F)c2)cc1. The minimum Gasteiger partial charge on any atom is -0.376 e. The van der Waals surface area contributed by atoms with Crippen molar-refractivity contribution in [2.24, 2.45) is 0 Å². The van der Waals surface area contributed by atoms with Crippen molar-refractivity contribution in [3.63, 3.8) is 0 Å².